The first-order valence-corrected chi connectivity index (χ1v) is 8.17. The van der Waals surface area contributed by atoms with Crippen LogP contribution in [0.3, 0.4) is 0 Å². The highest BCUT2D eigenvalue weighted by Gasteiger charge is 2.28. The van der Waals surface area contributed by atoms with E-state index < -0.39 is 0 Å². The third kappa shape index (κ3) is 3.51. The molecule has 0 saturated carbocycles. The van der Waals surface area contributed by atoms with Gasteiger partial charge in [0.1, 0.15) is 0 Å². The van der Waals surface area contributed by atoms with Gasteiger partial charge >= 0.3 is 0 Å². The van der Waals surface area contributed by atoms with Gasteiger partial charge in [-0.25, -0.2) is 0 Å². The van der Waals surface area contributed by atoms with Gasteiger partial charge in [0.2, 0.25) is 5.91 Å². The number of rotatable bonds is 3. The minimum absolute atomic E-state index is 0.174. The predicted molar refractivity (Wildman–Crippen MR) is 77.6 cm³/mol. The van der Waals surface area contributed by atoms with Gasteiger partial charge in [0.25, 0.3) is 0 Å². The molecule has 3 aliphatic rings. The molecule has 3 rings (SSSR count). The van der Waals surface area contributed by atoms with Gasteiger partial charge in [-0.15, -0.1) is 0 Å². The molecule has 3 saturated heterocycles. The molecule has 0 spiro atoms. The van der Waals surface area contributed by atoms with Crippen LogP contribution >= 0.6 is 0 Å². The highest BCUT2D eigenvalue weighted by atomic mass is 16.5. The number of hydrogen-bond acceptors (Lipinski definition) is 4. The molecule has 20 heavy (non-hydrogen) atoms. The van der Waals surface area contributed by atoms with Crippen molar-refractivity contribution in [1.29, 1.82) is 0 Å². The number of carbonyl (C=O) groups excluding carboxylic acids is 1. The largest absolute Gasteiger partial charge is 0.378 e. The third-order valence-corrected chi connectivity index (χ3v) is 4.89. The Hall–Kier alpha value is -0.650. The maximum Gasteiger partial charge on any atom is 0.225 e. The Kier molecular flexibility index (Phi) is 4.91. The summed E-state index contributed by atoms with van der Waals surface area (Å²) >= 11 is 0. The standard InChI is InChI=1S/C15H27N3O2/c19-15(11-14-3-1-2-10-20-14)18-8-6-17(7-9-18)13-4-5-16-12-13/h13-14,16H,1-12H2. The van der Waals surface area contributed by atoms with E-state index in [0.29, 0.717) is 18.4 Å². The quantitative estimate of drug-likeness (QED) is 0.816. The summed E-state index contributed by atoms with van der Waals surface area (Å²) in [6.45, 7) is 6.93. The van der Waals surface area contributed by atoms with Crippen LogP contribution in [0, 0.1) is 0 Å². The summed E-state index contributed by atoms with van der Waals surface area (Å²) in [7, 11) is 0. The fourth-order valence-electron chi connectivity index (χ4n) is 3.58. The number of carbonyl (C=O) groups is 1. The van der Waals surface area contributed by atoms with E-state index in [9.17, 15) is 4.79 Å². The summed E-state index contributed by atoms with van der Waals surface area (Å²) in [5.74, 6) is 0.293. The summed E-state index contributed by atoms with van der Waals surface area (Å²) < 4.78 is 5.68. The highest BCUT2D eigenvalue weighted by Crippen LogP contribution is 2.18. The number of amides is 1. The first kappa shape index (κ1) is 14.3. The van der Waals surface area contributed by atoms with E-state index in [0.717, 1.165) is 58.7 Å². The van der Waals surface area contributed by atoms with Gasteiger partial charge in [-0.2, -0.15) is 0 Å². The van der Waals surface area contributed by atoms with E-state index in [-0.39, 0.29) is 6.10 Å². The fraction of sp³-hybridized carbons (Fsp3) is 0.933. The first-order valence-electron chi connectivity index (χ1n) is 8.17. The molecule has 3 fully saturated rings. The van der Waals surface area contributed by atoms with E-state index in [1.165, 1.54) is 12.8 Å². The zero-order valence-corrected chi connectivity index (χ0v) is 12.4. The Morgan fingerprint density at radius 2 is 2.00 bits per heavy atom. The predicted octanol–water partition coefficient (Wildman–Crippen LogP) is 0.452. The van der Waals surface area contributed by atoms with Gasteiger partial charge in [0.05, 0.1) is 12.5 Å². The lowest BCUT2D eigenvalue weighted by atomic mass is 10.1. The van der Waals surface area contributed by atoms with Crippen molar-refractivity contribution in [3.8, 4) is 0 Å². The lowest BCUT2D eigenvalue weighted by Gasteiger charge is -2.38. The minimum atomic E-state index is 0.174. The summed E-state index contributed by atoms with van der Waals surface area (Å²) in [6.07, 6.45) is 5.43. The molecule has 1 amide bonds. The summed E-state index contributed by atoms with van der Waals surface area (Å²) in [5, 5.41) is 3.42. The van der Waals surface area contributed by atoms with Crippen molar-refractivity contribution in [1.82, 2.24) is 15.1 Å². The monoisotopic (exact) mass is 281 g/mol. The molecule has 3 heterocycles. The molecule has 0 aromatic carbocycles. The average Bonchev–Trinajstić information content (AvgIpc) is 3.03. The molecule has 0 radical (unpaired) electrons. The number of piperazine rings is 1. The first-order chi connectivity index (χ1) is 9.83. The van der Waals surface area contributed by atoms with Gasteiger partial charge in [-0.3, -0.25) is 9.69 Å². The van der Waals surface area contributed by atoms with Gasteiger partial charge in [0, 0.05) is 45.4 Å². The molecule has 5 nitrogen and oxygen atoms in total. The van der Waals surface area contributed by atoms with Crippen LogP contribution in [0.2, 0.25) is 0 Å². The Bertz CT molecular complexity index is 317. The van der Waals surface area contributed by atoms with E-state index >= 15 is 0 Å². The van der Waals surface area contributed by atoms with Crippen LogP contribution in [0.1, 0.15) is 32.1 Å². The Morgan fingerprint density at radius 3 is 2.65 bits per heavy atom. The topological polar surface area (TPSA) is 44.8 Å². The maximum absolute atomic E-state index is 12.3. The van der Waals surface area contributed by atoms with Crippen molar-refractivity contribution in [3.63, 3.8) is 0 Å². The molecular weight excluding hydrogens is 254 g/mol. The van der Waals surface area contributed by atoms with Crippen molar-refractivity contribution in [2.24, 2.45) is 0 Å². The molecule has 2 atom stereocenters. The van der Waals surface area contributed by atoms with Crippen molar-refractivity contribution in [2.45, 2.75) is 44.2 Å². The molecule has 0 aromatic rings. The number of nitrogens with zero attached hydrogens (tertiary/aromatic N) is 2. The number of nitrogens with one attached hydrogen (secondary N) is 1. The lowest BCUT2D eigenvalue weighted by Crippen LogP contribution is -2.52. The molecule has 5 heteroatoms. The van der Waals surface area contributed by atoms with Crippen molar-refractivity contribution in [2.75, 3.05) is 45.9 Å². The van der Waals surface area contributed by atoms with E-state index in [1.807, 2.05) is 4.90 Å². The zero-order chi connectivity index (χ0) is 13.8. The van der Waals surface area contributed by atoms with Crippen molar-refractivity contribution < 1.29 is 9.53 Å². The van der Waals surface area contributed by atoms with Crippen LogP contribution in [0.25, 0.3) is 0 Å². The third-order valence-electron chi connectivity index (χ3n) is 4.89. The molecule has 2 unspecified atom stereocenters. The molecule has 114 valence electrons. The number of ether oxygens (including phenoxy) is 1. The molecule has 0 aliphatic carbocycles. The van der Waals surface area contributed by atoms with E-state index in [2.05, 4.69) is 10.2 Å². The van der Waals surface area contributed by atoms with Crippen molar-refractivity contribution >= 4 is 5.91 Å². The Labute approximate surface area is 121 Å². The van der Waals surface area contributed by atoms with Crippen molar-refractivity contribution in [3.05, 3.63) is 0 Å². The second-order valence-corrected chi connectivity index (χ2v) is 6.26. The minimum Gasteiger partial charge on any atom is -0.378 e. The molecule has 3 aliphatic heterocycles. The van der Waals surface area contributed by atoms with E-state index in [1.54, 1.807) is 0 Å². The van der Waals surface area contributed by atoms with Gasteiger partial charge in [0.15, 0.2) is 0 Å². The van der Waals surface area contributed by atoms with Gasteiger partial charge in [-0.1, -0.05) is 0 Å². The molecular formula is C15H27N3O2. The summed E-state index contributed by atoms with van der Waals surface area (Å²) in [5.41, 5.74) is 0. The Balaban J connectivity index is 1.41. The summed E-state index contributed by atoms with van der Waals surface area (Å²) in [6, 6.07) is 0.689. The molecule has 1 N–H and O–H groups in total. The van der Waals surface area contributed by atoms with Crippen LogP contribution in [-0.4, -0.2) is 73.7 Å². The number of hydrogen-bond donors (Lipinski definition) is 1. The normalized spacial score (nSPS) is 32.5. The second kappa shape index (κ2) is 6.87. The maximum atomic E-state index is 12.3. The Morgan fingerprint density at radius 1 is 1.15 bits per heavy atom. The highest BCUT2D eigenvalue weighted by molar-refractivity contribution is 5.76. The van der Waals surface area contributed by atoms with Crippen LogP contribution < -0.4 is 5.32 Å². The SMILES string of the molecule is O=C(CC1CCCCO1)N1CCN(C2CCNC2)CC1. The van der Waals surface area contributed by atoms with Crippen LogP contribution in [0.5, 0.6) is 0 Å². The smallest absolute Gasteiger partial charge is 0.225 e. The average molecular weight is 281 g/mol. The van der Waals surface area contributed by atoms with Crippen LogP contribution in [0.15, 0.2) is 0 Å². The zero-order valence-electron chi connectivity index (χ0n) is 12.4. The summed E-state index contributed by atoms with van der Waals surface area (Å²) in [4.78, 5) is 16.9. The second-order valence-electron chi connectivity index (χ2n) is 6.26. The van der Waals surface area contributed by atoms with Crippen LogP contribution in [0.4, 0.5) is 0 Å². The molecule has 0 aromatic heterocycles. The fourth-order valence-corrected chi connectivity index (χ4v) is 3.58. The lowest BCUT2D eigenvalue weighted by molar-refractivity contribution is -0.137. The van der Waals surface area contributed by atoms with E-state index in [4.69, 9.17) is 4.74 Å². The van der Waals surface area contributed by atoms with Crippen LogP contribution in [-0.2, 0) is 9.53 Å². The molecule has 0 bridgehead atoms. The van der Waals surface area contributed by atoms with Gasteiger partial charge < -0.3 is 15.0 Å². The van der Waals surface area contributed by atoms with Gasteiger partial charge in [-0.05, 0) is 32.2 Å².